The molecule has 0 heterocycles. The SMILES string of the molecule is COC1=C(OC)C(=O)C(CC(CO[N+](=O)[O-])O[N+](=O)[O-])=C(C)C1=O. The van der Waals surface area contributed by atoms with E-state index in [2.05, 4.69) is 9.68 Å². The van der Waals surface area contributed by atoms with Crippen LogP contribution >= 0.6 is 0 Å². The van der Waals surface area contributed by atoms with Gasteiger partial charge in [-0.1, -0.05) is 0 Å². The van der Waals surface area contributed by atoms with E-state index in [0.717, 1.165) is 7.11 Å². The molecule has 0 aromatic carbocycles. The van der Waals surface area contributed by atoms with Gasteiger partial charge in [0.25, 0.3) is 10.2 Å². The van der Waals surface area contributed by atoms with E-state index in [1.807, 2.05) is 0 Å². The maximum Gasteiger partial charge on any atom is 0.294 e. The number of carbonyl (C=O) groups is 2. The standard InChI is InChI=1S/C12H14N2O10/c1-6-8(4-7(24-14(19)20)5-23-13(17)18)10(16)12(22-3)11(21-2)9(6)15/h7H,4-5H2,1-3H3. The molecule has 0 N–H and O–H groups in total. The Kier molecular flexibility index (Phi) is 6.21. The van der Waals surface area contributed by atoms with Crippen LogP contribution < -0.4 is 0 Å². The second-order valence-corrected chi connectivity index (χ2v) is 4.50. The average Bonchev–Trinajstić information content (AvgIpc) is 2.51. The molecule has 0 spiro atoms. The first kappa shape index (κ1) is 18.9. The van der Waals surface area contributed by atoms with Gasteiger partial charge in [0.1, 0.15) is 12.7 Å². The number of hydrogen-bond donors (Lipinski definition) is 0. The van der Waals surface area contributed by atoms with E-state index in [9.17, 15) is 29.8 Å². The lowest BCUT2D eigenvalue weighted by Crippen LogP contribution is -2.31. The van der Waals surface area contributed by atoms with Crippen molar-refractivity contribution in [3.63, 3.8) is 0 Å². The van der Waals surface area contributed by atoms with Crippen LogP contribution in [0.5, 0.6) is 0 Å². The Morgan fingerprint density at radius 2 is 1.54 bits per heavy atom. The zero-order valence-electron chi connectivity index (χ0n) is 13.0. The first-order valence-electron chi connectivity index (χ1n) is 6.42. The van der Waals surface area contributed by atoms with Crippen molar-refractivity contribution in [2.45, 2.75) is 19.4 Å². The van der Waals surface area contributed by atoms with Crippen molar-refractivity contribution in [1.29, 1.82) is 0 Å². The van der Waals surface area contributed by atoms with Crippen LogP contribution in [0.25, 0.3) is 0 Å². The smallest absolute Gasteiger partial charge is 0.294 e. The lowest BCUT2D eigenvalue weighted by atomic mass is 9.89. The minimum atomic E-state index is -1.46. The number of methoxy groups -OCH3 is 2. The normalized spacial score (nSPS) is 16.0. The first-order valence-corrected chi connectivity index (χ1v) is 6.42. The molecule has 1 aliphatic rings. The minimum absolute atomic E-state index is 0.0318. The van der Waals surface area contributed by atoms with Gasteiger partial charge in [-0.2, -0.15) is 0 Å². The Balaban J connectivity index is 3.10. The number of ether oxygens (including phenoxy) is 2. The van der Waals surface area contributed by atoms with Crippen molar-refractivity contribution in [2.24, 2.45) is 0 Å². The summed E-state index contributed by atoms with van der Waals surface area (Å²) in [4.78, 5) is 53.5. The molecule has 0 aromatic heterocycles. The summed E-state index contributed by atoms with van der Waals surface area (Å²) in [5.41, 5.74) is -0.174. The third kappa shape index (κ3) is 4.18. The van der Waals surface area contributed by atoms with Gasteiger partial charge in [0.2, 0.25) is 23.1 Å². The van der Waals surface area contributed by atoms with Gasteiger partial charge in [0.05, 0.1) is 14.2 Å². The maximum atomic E-state index is 12.4. The highest BCUT2D eigenvalue weighted by Crippen LogP contribution is 2.28. The molecule has 1 rings (SSSR count). The van der Waals surface area contributed by atoms with Crippen molar-refractivity contribution >= 4 is 11.6 Å². The fourth-order valence-corrected chi connectivity index (χ4v) is 2.06. The Labute approximate surface area is 134 Å². The van der Waals surface area contributed by atoms with Crippen molar-refractivity contribution in [2.75, 3.05) is 20.8 Å². The minimum Gasteiger partial charge on any atom is -0.489 e. The topological polar surface area (TPSA) is 157 Å². The number of Topliss-reactive ketones (excluding diaryl/α,β-unsaturated/α-hetero) is 2. The van der Waals surface area contributed by atoms with Crippen LogP contribution in [0.15, 0.2) is 22.7 Å². The number of carbonyl (C=O) groups excluding carboxylic acids is 2. The van der Waals surface area contributed by atoms with Crippen LogP contribution in [-0.2, 0) is 28.7 Å². The first-order chi connectivity index (χ1) is 11.2. The summed E-state index contributed by atoms with van der Waals surface area (Å²) >= 11 is 0. The third-order valence-corrected chi connectivity index (χ3v) is 3.13. The van der Waals surface area contributed by atoms with Crippen LogP contribution in [-0.4, -0.2) is 48.7 Å². The molecule has 0 amide bonds. The molecule has 1 unspecified atom stereocenters. The van der Waals surface area contributed by atoms with Crippen LogP contribution in [0.1, 0.15) is 13.3 Å². The molecular formula is C12H14N2O10. The van der Waals surface area contributed by atoms with Crippen molar-refractivity contribution < 1.29 is 38.9 Å². The van der Waals surface area contributed by atoms with E-state index in [1.165, 1.54) is 14.0 Å². The fourth-order valence-electron chi connectivity index (χ4n) is 2.06. The van der Waals surface area contributed by atoms with Crippen molar-refractivity contribution in [3.8, 4) is 0 Å². The summed E-state index contributed by atoms with van der Waals surface area (Å²) in [6.07, 6.45) is -1.93. The molecule has 24 heavy (non-hydrogen) atoms. The molecule has 1 aliphatic carbocycles. The summed E-state index contributed by atoms with van der Waals surface area (Å²) < 4.78 is 9.69. The molecule has 0 fully saturated rings. The maximum absolute atomic E-state index is 12.4. The summed E-state index contributed by atoms with van der Waals surface area (Å²) in [5, 5.41) is 18.4. The molecule has 132 valence electrons. The van der Waals surface area contributed by atoms with Crippen molar-refractivity contribution in [3.05, 3.63) is 42.9 Å². The third-order valence-electron chi connectivity index (χ3n) is 3.13. The molecule has 0 aliphatic heterocycles. The van der Waals surface area contributed by atoms with Gasteiger partial charge >= 0.3 is 0 Å². The van der Waals surface area contributed by atoms with Gasteiger partial charge in [-0.25, -0.2) is 0 Å². The summed E-state index contributed by atoms with van der Waals surface area (Å²) in [6.45, 7) is 0.522. The Bertz CT molecular complexity index is 636. The molecule has 0 radical (unpaired) electrons. The fraction of sp³-hybridized carbons (Fsp3) is 0.500. The second-order valence-electron chi connectivity index (χ2n) is 4.50. The number of hydrogen-bond acceptors (Lipinski definition) is 10. The van der Waals surface area contributed by atoms with Crippen LogP contribution in [0.4, 0.5) is 0 Å². The number of rotatable bonds is 9. The van der Waals surface area contributed by atoms with Gasteiger partial charge in [0.15, 0.2) is 0 Å². The number of ketones is 2. The molecule has 0 bridgehead atoms. The Morgan fingerprint density at radius 1 is 1.00 bits per heavy atom. The van der Waals surface area contributed by atoms with E-state index >= 15 is 0 Å². The van der Waals surface area contributed by atoms with Crippen LogP contribution in [0.3, 0.4) is 0 Å². The van der Waals surface area contributed by atoms with E-state index in [-0.39, 0.29) is 22.7 Å². The largest absolute Gasteiger partial charge is 0.489 e. The van der Waals surface area contributed by atoms with E-state index in [4.69, 9.17) is 9.47 Å². The molecule has 0 aromatic rings. The van der Waals surface area contributed by atoms with Crippen LogP contribution in [0, 0.1) is 20.2 Å². The molecule has 0 saturated heterocycles. The lowest BCUT2D eigenvalue weighted by molar-refractivity contribution is -0.789. The summed E-state index contributed by atoms with van der Waals surface area (Å²) in [5.74, 6) is -2.03. The monoisotopic (exact) mass is 346 g/mol. The molecule has 0 saturated carbocycles. The zero-order valence-corrected chi connectivity index (χ0v) is 13.0. The number of nitrogens with zero attached hydrogens (tertiary/aromatic N) is 2. The van der Waals surface area contributed by atoms with Gasteiger partial charge in [0, 0.05) is 17.6 Å². The summed E-state index contributed by atoms with van der Waals surface area (Å²) in [6, 6.07) is 0. The second kappa shape index (κ2) is 7.89. The molecule has 12 heteroatoms. The Morgan fingerprint density at radius 3 is 2.00 bits per heavy atom. The molecule has 1 atom stereocenters. The highest BCUT2D eigenvalue weighted by molar-refractivity contribution is 6.23. The highest BCUT2D eigenvalue weighted by atomic mass is 17.0. The average molecular weight is 346 g/mol. The van der Waals surface area contributed by atoms with Crippen LogP contribution in [0.2, 0.25) is 0 Å². The van der Waals surface area contributed by atoms with E-state index in [0.29, 0.717) is 0 Å². The molecular weight excluding hydrogens is 332 g/mol. The molecule has 12 nitrogen and oxygen atoms in total. The van der Waals surface area contributed by atoms with Crippen molar-refractivity contribution in [1.82, 2.24) is 0 Å². The van der Waals surface area contributed by atoms with Gasteiger partial charge in [-0.05, 0) is 6.92 Å². The predicted molar refractivity (Wildman–Crippen MR) is 73.2 cm³/mol. The van der Waals surface area contributed by atoms with E-state index < -0.39 is 40.9 Å². The predicted octanol–water partition coefficient (Wildman–Crippen LogP) is 0.134. The lowest BCUT2D eigenvalue weighted by Gasteiger charge is -2.22. The van der Waals surface area contributed by atoms with Gasteiger partial charge in [-0.3, -0.25) is 9.59 Å². The number of allylic oxidation sites excluding steroid dienone is 2. The van der Waals surface area contributed by atoms with Gasteiger partial charge < -0.3 is 19.1 Å². The van der Waals surface area contributed by atoms with Gasteiger partial charge in [-0.15, -0.1) is 20.2 Å². The van der Waals surface area contributed by atoms with E-state index in [1.54, 1.807) is 0 Å². The Hall–Kier alpha value is -3.18. The highest BCUT2D eigenvalue weighted by Gasteiger charge is 2.36. The zero-order chi connectivity index (χ0) is 18.4. The summed E-state index contributed by atoms with van der Waals surface area (Å²) in [7, 11) is 2.33. The quantitative estimate of drug-likeness (QED) is 0.319.